The smallest absolute Gasteiger partial charge is 0.389 e. The average molecular weight is 252 g/mol. The highest BCUT2D eigenvalue weighted by Gasteiger charge is 2.22. The molecule has 0 aliphatic carbocycles. The van der Waals surface area contributed by atoms with E-state index in [2.05, 4.69) is 4.18 Å². The molecule has 2 aromatic rings. The molecule has 0 fully saturated rings. The zero-order valence-electron chi connectivity index (χ0n) is 8.57. The predicted molar refractivity (Wildman–Crippen MR) is 57.8 cm³/mol. The molecule has 0 saturated heterocycles. The fourth-order valence-electron chi connectivity index (χ4n) is 1.17. The van der Waals surface area contributed by atoms with Crippen molar-refractivity contribution in [1.29, 1.82) is 0 Å². The zero-order chi connectivity index (χ0) is 12.3. The Kier molecular flexibility index (Phi) is 2.97. The molecular weight excluding hydrogens is 244 g/mol. The van der Waals surface area contributed by atoms with E-state index in [1.165, 1.54) is 42.7 Å². The van der Waals surface area contributed by atoms with Crippen LogP contribution in [0.25, 0.3) is 0 Å². The third-order valence-corrected chi connectivity index (χ3v) is 3.16. The maximum absolute atomic E-state index is 11.7. The highest BCUT2D eigenvalue weighted by atomic mass is 32.2. The maximum Gasteiger partial charge on any atom is 0.389 e. The van der Waals surface area contributed by atoms with Gasteiger partial charge in [-0.05, 0) is 24.3 Å². The normalized spacial score (nSPS) is 11.1. The van der Waals surface area contributed by atoms with Gasteiger partial charge < -0.3 is 8.60 Å². The van der Waals surface area contributed by atoms with Gasteiger partial charge in [-0.2, -0.15) is 8.42 Å². The molecular formula is C11H8O5S. The third-order valence-electron chi connectivity index (χ3n) is 1.94. The Hall–Kier alpha value is -2.08. The zero-order valence-corrected chi connectivity index (χ0v) is 9.38. The van der Waals surface area contributed by atoms with Crippen molar-refractivity contribution in [2.45, 2.75) is 4.90 Å². The Balaban J connectivity index is 2.22. The molecule has 17 heavy (non-hydrogen) atoms. The van der Waals surface area contributed by atoms with Crippen molar-refractivity contribution in [2.75, 3.05) is 0 Å². The van der Waals surface area contributed by atoms with Gasteiger partial charge in [-0.1, -0.05) is 18.2 Å². The lowest BCUT2D eigenvalue weighted by molar-refractivity contribution is 0.0713. The monoisotopic (exact) mass is 252 g/mol. The van der Waals surface area contributed by atoms with Crippen LogP contribution in [-0.2, 0) is 14.3 Å². The van der Waals surface area contributed by atoms with Crippen LogP contribution in [0.4, 0.5) is 0 Å². The van der Waals surface area contributed by atoms with Crippen LogP contribution < -0.4 is 0 Å². The summed E-state index contributed by atoms with van der Waals surface area (Å²) in [6, 6.07) is 10.2. The molecule has 0 radical (unpaired) electrons. The second kappa shape index (κ2) is 4.42. The second-order valence-corrected chi connectivity index (χ2v) is 4.66. The number of carbonyl (C=O) groups is 1. The summed E-state index contributed by atoms with van der Waals surface area (Å²) in [6.45, 7) is 0. The standard InChI is InChI=1S/C11H8O5S/c12-11(10-7-4-8-15-10)16-17(13,14)9-5-2-1-3-6-9/h1-8H. The lowest BCUT2D eigenvalue weighted by Gasteiger charge is -2.03. The Morgan fingerprint density at radius 3 is 2.35 bits per heavy atom. The molecule has 6 heteroatoms. The summed E-state index contributed by atoms with van der Waals surface area (Å²) in [5.41, 5.74) is 0. The van der Waals surface area contributed by atoms with Crippen LogP contribution in [0.5, 0.6) is 0 Å². The molecule has 5 nitrogen and oxygen atoms in total. The van der Waals surface area contributed by atoms with Gasteiger partial charge in [0, 0.05) is 0 Å². The number of hydrogen-bond donors (Lipinski definition) is 0. The lowest BCUT2D eigenvalue weighted by Crippen LogP contribution is -2.12. The van der Waals surface area contributed by atoms with Gasteiger partial charge in [0.15, 0.2) is 0 Å². The number of rotatable bonds is 3. The molecule has 2 rings (SSSR count). The van der Waals surface area contributed by atoms with Gasteiger partial charge in [0.05, 0.1) is 6.26 Å². The fourth-order valence-corrected chi connectivity index (χ4v) is 2.04. The maximum atomic E-state index is 11.7. The van der Waals surface area contributed by atoms with E-state index < -0.39 is 16.1 Å². The molecule has 0 spiro atoms. The van der Waals surface area contributed by atoms with Gasteiger partial charge >= 0.3 is 16.1 Å². The highest BCUT2D eigenvalue weighted by molar-refractivity contribution is 7.87. The quantitative estimate of drug-likeness (QED) is 0.779. The summed E-state index contributed by atoms with van der Waals surface area (Å²) in [7, 11) is -4.10. The largest absolute Gasteiger partial charge is 0.457 e. The summed E-state index contributed by atoms with van der Waals surface area (Å²) in [4.78, 5) is 11.3. The minimum atomic E-state index is -4.10. The van der Waals surface area contributed by atoms with Crippen molar-refractivity contribution in [3.05, 3.63) is 54.5 Å². The second-order valence-electron chi connectivity index (χ2n) is 3.12. The van der Waals surface area contributed by atoms with Crippen molar-refractivity contribution in [1.82, 2.24) is 0 Å². The van der Waals surface area contributed by atoms with Gasteiger partial charge in [0.2, 0.25) is 5.76 Å². The summed E-state index contributed by atoms with van der Waals surface area (Å²) in [5.74, 6) is -1.21. The van der Waals surface area contributed by atoms with Crippen LogP contribution in [0.15, 0.2) is 58.0 Å². The molecule has 1 aromatic carbocycles. The average Bonchev–Trinajstić information content (AvgIpc) is 2.83. The molecule has 0 bridgehead atoms. The van der Waals surface area contributed by atoms with Crippen LogP contribution in [0.2, 0.25) is 0 Å². The Bertz CT molecular complexity index is 599. The van der Waals surface area contributed by atoms with Crippen LogP contribution in [0, 0.1) is 0 Å². The minimum absolute atomic E-state index is 0.0834. The molecule has 1 aromatic heterocycles. The van der Waals surface area contributed by atoms with Gasteiger partial charge in [-0.3, -0.25) is 0 Å². The van der Waals surface area contributed by atoms with E-state index in [9.17, 15) is 13.2 Å². The molecule has 0 N–H and O–H groups in total. The van der Waals surface area contributed by atoms with E-state index in [0.717, 1.165) is 0 Å². The van der Waals surface area contributed by atoms with E-state index in [-0.39, 0.29) is 10.7 Å². The van der Waals surface area contributed by atoms with E-state index >= 15 is 0 Å². The molecule has 0 atom stereocenters. The first-order chi connectivity index (χ1) is 8.09. The SMILES string of the molecule is O=C(OS(=O)(=O)c1ccccc1)c1ccco1. The van der Waals surface area contributed by atoms with E-state index in [1.807, 2.05) is 0 Å². The van der Waals surface area contributed by atoms with Crippen molar-refractivity contribution in [3.8, 4) is 0 Å². The van der Waals surface area contributed by atoms with Crippen molar-refractivity contribution >= 4 is 16.1 Å². The highest BCUT2D eigenvalue weighted by Crippen LogP contribution is 2.14. The predicted octanol–water partition coefficient (Wildman–Crippen LogP) is 1.83. The Morgan fingerprint density at radius 2 is 1.76 bits per heavy atom. The van der Waals surface area contributed by atoms with Crippen LogP contribution in [0.1, 0.15) is 10.6 Å². The van der Waals surface area contributed by atoms with E-state index in [1.54, 1.807) is 6.07 Å². The molecule has 0 unspecified atom stereocenters. The summed E-state index contributed by atoms with van der Waals surface area (Å²) >= 11 is 0. The first-order valence-corrected chi connectivity index (χ1v) is 6.08. The number of furan rings is 1. The van der Waals surface area contributed by atoms with Gasteiger partial charge in [0.1, 0.15) is 4.90 Å². The van der Waals surface area contributed by atoms with Gasteiger partial charge in [-0.25, -0.2) is 4.79 Å². The summed E-state index contributed by atoms with van der Waals surface area (Å²) in [5, 5.41) is 0. The van der Waals surface area contributed by atoms with E-state index in [4.69, 9.17) is 4.42 Å². The molecule has 88 valence electrons. The fraction of sp³-hybridized carbons (Fsp3) is 0. The topological polar surface area (TPSA) is 73.6 Å². The first-order valence-electron chi connectivity index (χ1n) is 4.67. The van der Waals surface area contributed by atoms with E-state index in [0.29, 0.717) is 0 Å². The molecule has 1 heterocycles. The van der Waals surface area contributed by atoms with Crippen LogP contribution in [-0.4, -0.2) is 14.4 Å². The Morgan fingerprint density at radius 1 is 1.06 bits per heavy atom. The van der Waals surface area contributed by atoms with Crippen LogP contribution >= 0.6 is 0 Å². The molecule has 0 amide bonds. The van der Waals surface area contributed by atoms with Crippen molar-refractivity contribution < 1.29 is 21.8 Å². The number of hydrogen-bond acceptors (Lipinski definition) is 5. The molecule has 0 aliphatic heterocycles. The van der Waals surface area contributed by atoms with Crippen molar-refractivity contribution in [2.24, 2.45) is 0 Å². The first kappa shape index (κ1) is 11.4. The minimum Gasteiger partial charge on any atom is -0.457 e. The molecule has 0 aliphatic rings. The van der Waals surface area contributed by atoms with Gasteiger partial charge in [-0.15, -0.1) is 0 Å². The van der Waals surface area contributed by atoms with Gasteiger partial charge in [0.25, 0.3) is 0 Å². The molecule has 0 saturated carbocycles. The third kappa shape index (κ3) is 2.54. The van der Waals surface area contributed by atoms with Crippen LogP contribution in [0.3, 0.4) is 0 Å². The summed E-state index contributed by atoms with van der Waals surface area (Å²) in [6.07, 6.45) is 1.26. The lowest BCUT2D eigenvalue weighted by atomic mass is 10.4. The number of benzene rings is 1. The summed E-state index contributed by atoms with van der Waals surface area (Å²) < 4.78 is 32.5. The Labute approximate surface area is 97.8 Å². The van der Waals surface area contributed by atoms with Crippen molar-refractivity contribution in [3.63, 3.8) is 0 Å². The number of carbonyl (C=O) groups excluding carboxylic acids is 1.